The second kappa shape index (κ2) is 11.2. The molecule has 3 aromatic rings. The number of ether oxygens (including phenoxy) is 3. The Morgan fingerprint density at radius 3 is 2.48 bits per heavy atom. The first-order chi connectivity index (χ1) is 20.1. The van der Waals surface area contributed by atoms with Crippen molar-refractivity contribution in [3.63, 3.8) is 0 Å². The summed E-state index contributed by atoms with van der Waals surface area (Å²) in [5.74, 6) is -0.0909. The number of para-hydroxylation sites is 1. The average molecular weight is 594 g/mol. The second-order valence-corrected chi connectivity index (χ2v) is 10.8. The third-order valence-corrected chi connectivity index (χ3v) is 8.14. The van der Waals surface area contributed by atoms with Gasteiger partial charge in [-0.15, -0.1) is 0 Å². The summed E-state index contributed by atoms with van der Waals surface area (Å²) in [6.07, 6.45) is 0.475. The number of halogens is 5. The Balaban J connectivity index is 1.20. The molecule has 3 atom stereocenters. The smallest absolute Gasteiger partial charge is 0.417 e. The van der Waals surface area contributed by atoms with E-state index >= 15 is 0 Å². The summed E-state index contributed by atoms with van der Waals surface area (Å²) >= 11 is 0. The standard InChI is InChI=1S/C29H28F5N3O5/c1-39-27(38)20-13-35-24(12-22(20)29(32,33)34)37-16-8-9-17(37)11-18(10-16)40-14-21-25(36-42-26(21)15-6-7-15)19-4-2-3-5-23(19)41-28(30)31/h2-5,12-13,15-18,28H,6-11,14H2,1H3/t16-,17+,18-. The van der Waals surface area contributed by atoms with Crippen molar-refractivity contribution < 1.29 is 45.5 Å². The number of fused-ring (bicyclic) bond motifs is 2. The van der Waals surface area contributed by atoms with Gasteiger partial charge in [0.1, 0.15) is 23.0 Å². The van der Waals surface area contributed by atoms with Crippen molar-refractivity contribution >= 4 is 11.8 Å². The van der Waals surface area contributed by atoms with Crippen LogP contribution in [0, 0.1) is 0 Å². The maximum Gasteiger partial charge on any atom is 0.417 e. The molecule has 0 amide bonds. The number of piperidine rings is 1. The number of anilines is 1. The van der Waals surface area contributed by atoms with Gasteiger partial charge < -0.3 is 23.6 Å². The number of rotatable bonds is 9. The second-order valence-electron chi connectivity index (χ2n) is 10.8. The Bertz CT molecular complexity index is 1440. The zero-order valence-electron chi connectivity index (χ0n) is 22.6. The summed E-state index contributed by atoms with van der Waals surface area (Å²) < 4.78 is 88.8. The number of esters is 1. The highest BCUT2D eigenvalue weighted by Gasteiger charge is 2.44. The van der Waals surface area contributed by atoms with Crippen LogP contribution in [0.5, 0.6) is 5.75 Å². The topological polar surface area (TPSA) is 86.9 Å². The van der Waals surface area contributed by atoms with Crippen LogP contribution < -0.4 is 9.64 Å². The van der Waals surface area contributed by atoms with Crippen molar-refractivity contribution in [1.29, 1.82) is 0 Å². The van der Waals surface area contributed by atoms with E-state index in [9.17, 15) is 26.7 Å². The first-order valence-corrected chi connectivity index (χ1v) is 13.7. The highest BCUT2D eigenvalue weighted by atomic mass is 19.4. The molecule has 2 bridgehead atoms. The number of aromatic nitrogens is 2. The Hall–Kier alpha value is -3.74. The third kappa shape index (κ3) is 5.53. The monoisotopic (exact) mass is 593 g/mol. The molecule has 0 radical (unpaired) electrons. The minimum Gasteiger partial charge on any atom is -0.465 e. The molecule has 6 rings (SSSR count). The number of benzene rings is 1. The molecule has 8 nitrogen and oxygen atoms in total. The normalized spacial score (nSPS) is 22.1. The van der Waals surface area contributed by atoms with E-state index in [0.717, 1.165) is 45.1 Å². The van der Waals surface area contributed by atoms with Crippen LogP contribution in [0.1, 0.15) is 71.7 Å². The zero-order valence-corrected chi connectivity index (χ0v) is 22.6. The van der Waals surface area contributed by atoms with E-state index < -0.39 is 29.9 Å². The first-order valence-electron chi connectivity index (χ1n) is 13.7. The summed E-state index contributed by atoms with van der Waals surface area (Å²) in [5.41, 5.74) is -0.254. The Morgan fingerprint density at radius 2 is 1.83 bits per heavy atom. The van der Waals surface area contributed by atoms with Crippen molar-refractivity contribution in [2.24, 2.45) is 0 Å². The number of nitrogens with zero attached hydrogens (tertiary/aromatic N) is 3. The molecule has 4 heterocycles. The minimum atomic E-state index is -4.75. The lowest BCUT2D eigenvalue weighted by molar-refractivity contribution is -0.138. The molecule has 3 aliphatic rings. The predicted octanol–water partition coefficient (Wildman–Crippen LogP) is 6.74. The van der Waals surface area contributed by atoms with Crippen LogP contribution in [0.25, 0.3) is 11.3 Å². The molecule has 2 saturated heterocycles. The van der Waals surface area contributed by atoms with Gasteiger partial charge >= 0.3 is 18.8 Å². The van der Waals surface area contributed by atoms with E-state index in [4.69, 9.17) is 14.0 Å². The van der Waals surface area contributed by atoms with Crippen LogP contribution in [0.15, 0.2) is 41.1 Å². The molecular weight excluding hydrogens is 565 g/mol. The van der Waals surface area contributed by atoms with Gasteiger partial charge in [-0.3, -0.25) is 0 Å². The van der Waals surface area contributed by atoms with Gasteiger partial charge in [-0.1, -0.05) is 17.3 Å². The minimum absolute atomic E-state index is 0.0142. The van der Waals surface area contributed by atoms with Gasteiger partial charge in [-0.25, -0.2) is 9.78 Å². The van der Waals surface area contributed by atoms with Gasteiger partial charge in [0.2, 0.25) is 0 Å². The quantitative estimate of drug-likeness (QED) is 0.199. The van der Waals surface area contributed by atoms with Crippen LogP contribution in [0.3, 0.4) is 0 Å². The van der Waals surface area contributed by atoms with E-state index in [2.05, 4.69) is 14.9 Å². The van der Waals surface area contributed by atoms with Gasteiger partial charge in [0.15, 0.2) is 0 Å². The molecule has 2 aromatic heterocycles. The third-order valence-electron chi connectivity index (χ3n) is 8.14. The molecule has 0 spiro atoms. The number of carbonyl (C=O) groups excluding carboxylic acids is 1. The van der Waals surface area contributed by atoms with Crippen LogP contribution >= 0.6 is 0 Å². The molecule has 13 heteroatoms. The summed E-state index contributed by atoms with van der Waals surface area (Å²) in [6, 6.07) is 7.10. The molecule has 42 heavy (non-hydrogen) atoms. The van der Waals surface area contributed by atoms with E-state index in [1.54, 1.807) is 18.2 Å². The first kappa shape index (κ1) is 28.4. The molecule has 0 unspecified atom stereocenters. The summed E-state index contributed by atoms with van der Waals surface area (Å²) in [5, 5.41) is 4.21. The Morgan fingerprint density at radius 1 is 1.12 bits per heavy atom. The van der Waals surface area contributed by atoms with E-state index in [1.165, 1.54) is 6.07 Å². The molecule has 1 saturated carbocycles. The maximum absolute atomic E-state index is 13.8. The summed E-state index contributed by atoms with van der Waals surface area (Å²) in [4.78, 5) is 18.0. The van der Waals surface area contributed by atoms with Crippen molar-refractivity contribution in [3.8, 4) is 17.0 Å². The lowest BCUT2D eigenvalue weighted by Crippen LogP contribution is -2.46. The molecular formula is C29H28F5N3O5. The Kier molecular flexibility index (Phi) is 7.54. The molecule has 0 N–H and O–H groups in total. The number of carbonyl (C=O) groups is 1. The number of pyridine rings is 1. The van der Waals surface area contributed by atoms with Crippen molar-refractivity contribution in [2.45, 2.75) is 82.0 Å². The number of hydrogen-bond acceptors (Lipinski definition) is 8. The van der Waals surface area contributed by atoms with Gasteiger partial charge in [-0.05, 0) is 56.7 Å². The highest BCUT2D eigenvalue weighted by molar-refractivity contribution is 5.91. The lowest BCUT2D eigenvalue weighted by Gasteiger charge is -2.40. The number of alkyl halides is 5. The maximum atomic E-state index is 13.8. The SMILES string of the molecule is COC(=O)c1cnc(N2[C@@H]3CC[C@H]2C[C@H](OCc2c(-c4ccccc4OC(F)F)noc2C2CC2)C3)cc1C(F)(F)F. The predicted molar refractivity (Wildman–Crippen MR) is 138 cm³/mol. The van der Waals surface area contributed by atoms with E-state index in [1.807, 2.05) is 4.90 Å². The molecule has 2 aliphatic heterocycles. The van der Waals surface area contributed by atoms with E-state index in [-0.39, 0.29) is 42.3 Å². The fourth-order valence-corrected chi connectivity index (χ4v) is 6.13. The number of hydrogen-bond donors (Lipinski definition) is 0. The Labute approximate surface area is 237 Å². The van der Waals surface area contributed by atoms with Gasteiger partial charge in [0.05, 0.1) is 30.9 Å². The van der Waals surface area contributed by atoms with Crippen LogP contribution in [0.2, 0.25) is 0 Å². The molecule has 1 aromatic carbocycles. The fraction of sp³-hybridized carbons (Fsp3) is 0.483. The zero-order chi connectivity index (χ0) is 29.6. The molecule has 224 valence electrons. The summed E-state index contributed by atoms with van der Waals surface area (Å²) in [7, 11) is 1.02. The molecule has 1 aliphatic carbocycles. The van der Waals surface area contributed by atoms with E-state index in [0.29, 0.717) is 35.4 Å². The van der Waals surface area contributed by atoms with Gasteiger partial charge in [0.25, 0.3) is 0 Å². The fourth-order valence-electron chi connectivity index (χ4n) is 6.13. The highest BCUT2D eigenvalue weighted by Crippen LogP contribution is 2.46. The van der Waals surface area contributed by atoms with Crippen molar-refractivity contribution in [3.05, 3.63) is 59.0 Å². The van der Waals surface area contributed by atoms with Crippen molar-refractivity contribution in [1.82, 2.24) is 10.1 Å². The van der Waals surface area contributed by atoms with Crippen LogP contribution in [0.4, 0.5) is 27.8 Å². The summed E-state index contributed by atoms with van der Waals surface area (Å²) in [6.45, 7) is -2.86. The molecule has 3 fully saturated rings. The largest absolute Gasteiger partial charge is 0.465 e. The van der Waals surface area contributed by atoms with Gasteiger partial charge in [0, 0.05) is 35.3 Å². The lowest BCUT2D eigenvalue weighted by atomic mass is 9.98. The average Bonchev–Trinajstić information content (AvgIpc) is 3.66. The van der Waals surface area contributed by atoms with Crippen LogP contribution in [-0.4, -0.2) is 48.0 Å². The number of methoxy groups -OCH3 is 1. The van der Waals surface area contributed by atoms with Crippen LogP contribution in [-0.2, 0) is 22.3 Å². The van der Waals surface area contributed by atoms with Crippen molar-refractivity contribution in [2.75, 3.05) is 12.0 Å². The van der Waals surface area contributed by atoms with Gasteiger partial charge in [-0.2, -0.15) is 22.0 Å².